The van der Waals surface area contributed by atoms with Gasteiger partial charge in [-0.3, -0.25) is 4.68 Å². The standard InChI is InChI=1S/C18H25N3/c1-3-14(2)21-12-11-16(20-21)13-19-18-10-6-8-15-7-4-5-9-17(15)18/h6,8,10-12,14,19H,3-5,7,9,13H2,1-2H3. The molecule has 0 amide bonds. The molecule has 3 rings (SSSR count). The summed E-state index contributed by atoms with van der Waals surface area (Å²) in [6.45, 7) is 5.21. The molecule has 0 fully saturated rings. The molecule has 1 unspecified atom stereocenters. The SMILES string of the molecule is CCC(C)n1ccc(CNc2cccc3c2CCCC3)n1. The smallest absolute Gasteiger partial charge is 0.0815 e. The Hall–Kier alpha value is -1.77. The molecule has 21 heavy (non-hydrogen) atoms. The zero-order valence-electron chi connectivity index (χ0n) is 13.1. The molecule has 112 valence electrons. The molecule has 1 aromatic carbocycles. The first-order chi connectivity index (χ1) is 10.3. The van der Waals surface area contributed by atoms with Crippen molar-refractivity contribution in [1.82, 2.24) is 9.78 Å². The van der Waals surface area contributed by atoms with Gasteiger partial charge in [-0.05, 0) is 62.3 Å². The lowest BCUT2D eigenvalue weighted by molar-refractivity contribution is 0.474. The van der Waals surface area contributed by atoms with Gasteiger partial charge in [0.15, 0.2) is 0 Å². The summed E-state index contributed by atoms with van der Waals surface area (Å²) in [5.41, 5.74) is 5.45. The molecule has 1 aliphatic rings. The fourth-order valence-electron chi connectivity index (χ4n) is 3.04. The van der Waals surface area contributed by atoms with E-state index in [1.807, 2.05) is 0 Å². The molecule has 1 aromatic heterocycles. The van der Waals surface area contributed by atoms with E-state index in [4.69, 9.17) is 0 Å². The number of aryl methyl sites for hydroxylation is 1. The number of anilines is 1. The largest absolute Gasteiger partial charge is 0.379 e. The highest BCUT2D eigenvalue weighted by Crippen LogP contribution is 2.28. The molecular formula is C18H25N3. The Bertz CT molecular complexity index is 600. The van der Waals surface area contributed by atoms with Crippen LogP contribution in [0.25, 0.3) is 0 Å². The van der Waals surface area contributed by atoms with Crippen LogP contribution in [0.5, 0.6) is 0 Å². The maximum Gasteiger partial charge on any atom is 0.0815 e. The van der Waals surface area contributed by atoms with Crippen LogP contribution in [0.3, 0.4) is 0 Å². The lowest BCUT2D eigenvalue weighted by Crippen LogP contribution is -2.09. The van der Waals surface area contributed by atoms with Gasteiger partial charge in [0, 0.05) is 17.9 Å². The zero-order chi connectivity index (χ0) is 14.7. The van der Waals surface area contributed by atoms with Crippen molar-refractivity contribution in [2.45, 2.75) is 58.5 Å². The van der Waals surface area contributed by atoms with Gasteiger partial charge in [-0.2, -0.15) is 5.10 Å². The minimum absolute atomic E-state index is 0.475. The summed E-state index contributed by atoms with van der Waals surface area (Å²) in [5.74, 6) is 0. The van der Waals surface area contributed by atoms with Crippen LogP contribution in [0.15, 0.2) is 30.5 Å². The van der Waals surface area contributed by atoms with Crippen LogP contribution < -0.4 is 5.32 Å². The fourth-order valence-corrected chi connectivity index (χ4v) is 3.04. The molecule has 1 heterocycles. The number of rotatable bonds is 5. The Morgan fingerprint density at radius 3 is 2.95 bits per heavy atom. The number of nitrogens with zero attached hydrogens (tertiary/aromatic N) is 2. The second-order valence-corrected chi connectivity index (χ2v) is 6.05. The van der Waals surface area contributed by atoms with Crippen LogP contribution in [0.1, 0.15) is 56.0 Å². The number of fused-ring (bicyclic) bond motifs is 1. The maximum atomic E-state index is 4.66. The molecule has 0 saturated heterocycles. The Morgan fingerprint density at radius 2 is 2.10 bits per heavy atom. The average molecular weight is 283 g/mol. The Labute approximate surface area is 127 Å². The number of hydrogen-bond donors (Lipinski definition) is 1. The first-order valence-corrected chi connectivity index (χ1v) is 8.16. The average Bonchev–Trinajstić information content (AvgIpc) is 3.01. The van der Waals surface area contributed by atoms with Crippen molar-refractivity contribution in [1.29, 1.82) is 0 Å². The highest BCUT2D eigenvalue weighted by Gasteiger charge is 2.13. The van der Waals surface area contributed by atoms with E-state index in [-0.39, 0.29) is 0 Å². The summed E-state index contributed by atoms with van der Waals surface area (Å²) in [5, 5.41) is 8.25. The molecule has 1 atom stereocenters. The third-order valence-electron chi connectivity index (χ3n) is 4.56. The van der Waals surface area contributed by atoms with Crippen LogP contribution in [-0.2, 0) is 19.4 Å². The van der Waals surface area contributed by atoms with Crippen molar-refractivity contribution in [2.24, 2.45) is 0 Å². The minimum Gasteiger partial charge on any atom is -0.379 e. The zero-order valence-corrected chi connectivity index (χ0v) is 13.1. The van der Waals surface area contributed by atoms with Crippen molar-refractivity contribution in [3.05, 3.63) is 47.3 Å². The van der Waals surface area contributed by atoms with Gasteiger partial charge in [-0.25, -0.2) is 0 Å². The lowest BCUT2D eigenvalue weighted by Gasteiger charge is -2.19. The van der Waals surface area contributed by atoms with E-state index in [2.05, 4.69) is 59.4 Å². The molecule has 3 nitrogen and oxygen atoms in total. The number of hydrogen-bond acceptors (Lipinski definition) is 2. The Kier molecular flexibility index (Phi) is 4.28. The predicted molar refractivity (Wildman–Crippen MR) is 87.6 cm³/mol. The number of aromatic nitrogens is 2. The Morgan fingerprint density at radius 1 is 1.24 bits per heavy atom. The van der Waals surface area contributed by atoms with Gasteiger partial charge in [0.2, 0.25) is 0 Å². The van der Waals surface area contributed by atoms with E-state index < -0.39 is 0 Å². The van der Waals surface area contributed by atoms with Crippen molar-refractivity contribution in [3.8, 4) is 0 Å². The molecular weight excluding hydrogens is 258 g/mol. The van der Waals surface area contributed by atoms with Crippen LogP contribution in [0.4, 0.5) is 5.69 Å². The van der Waals surface area contributed by atoms with Crippen molar-refractivity contribution < 1.29 is 0 Å². The monoisotopic (exact) mass is 283 g/mol. The first kappa shape index (κ1) is 14.2. The van der Waals surface area contributed by atoms with E-state index in [1.165, 1.54) is 42.5 Å². The molecule has 0 aliphatic heterocycles. The van der Waals surface area contributed by atoms with Crippen molar-refractivity contribution >= 4 is 5.69 Å². The quantitative estimate of drug-likeness (QED) is 0.884. The van der Waals surface area contributed by atoms with E-state index in [9.17, 15) is 0 Å². The van der Waals surface area contributed by atoms with Crippen molar-refractivity contribution in [2.75, 3.05) is 5.32 Å². The van der Waals surface area contributed by atoms with Gasteiger partial charge < -0.3 is 5.32 Å². The van der Waals surface area contributed by atoms with Gasteiger partial charge >= 0.3 is 0 Å². The molecule has 2 aromatic rings. The normalized spacial score (nSPS) is 15.5. The number of benzene rings is 1. The topological polar surface area (TPSA) is 29.9 Å². The summed E-state index contributed by atoms with van der Waals surface area (Å²) >= 11 is 0. The molecule has 0 radical (unpaired) electrons. The molecule has 0 saturated carbocycles. The second kappa shape index (κ2) is 6.33. The van der Waals surface area contributed by atoms with Gasteiger partial charge in [0.25, 0.3) is 0 Å². The lowest BCUT2D eigenvalue weighted by atomic mass is 9.90. The highest BCUT2D eigenvalue weighted by atomic mass is 15.3. The third kappa shape index (κ3) is 3.12. The van der Waals surface area contributed by atoms with Gasteiger partial charge in [0.05, 0.1) is 12.2 Å². The third-order valence-corrected chi connectivity index (χ3v) is 4.56. The highest BCUT2D eigenvalue weighted by molar-refractivity contribution is 5.55. The van der Waals surface area contributed by atoms with E-state index in [0.29, 0.717) is 6.04 Å². The van der Waals surface area contributed by atoms with Gasteiger partial charge in [-0.1, -0.05) is 19.1 Å². The summed E-state index contributed by atoms with van der Waals surface area (Å²) in [4.78, 5) is 0. The molecule has 1 N–H and O–H groups in total. The van der Waals surface area contributed by atoms with E-state index >= 15 is 0 Å². The molecule has 0 bridgehead atoms. The molecule has 1 aliphatic carbocycles. The summed E-state index contributed by atoms with van der Waals surface area (Å²) < 4.78 is 2.07. The van der Waals surface area contributed by atoms with Crippen LogP contribution >= 0.6 is 0 Å². The van der Waals surface area contributed by atoms with E-state index in [0.717, 1.165) is 18.7 Å². The summed E-state index contributed by atoms with van der Waals surface area (Å²) in [7, 11) is 0. The maximum absolute atomic E-state index is 4.66. The number of nitrogens with one attached hydrogen (secondary N) is 1. The summed E-state index contributed by atoms with van der Waals surface area (Å²) in [6.07, 6.45) is 8.28. The predicted octanol–water partition coefficient (Wildman–Crippen LogP) is 4.35. The van der Waals surface area contributed by atoms with Crippen LogP contribution in [0.2, 0.25) is 0 Å². The van der Waals surface area contributed by atoms with Gasteiger partial charge in [-0.15, -0.1) is 0 Å². The first-order valence-electron chi connectivity index (χ1n) is 8.16. The van der Waals surface area contributed by atoms with E-state index in [1.54, 1.807) is 0 Å². The molecule has 3 heteroatoms. The molecule has 0 spiro atoms. The van der Waals surface area contributed by atoms with Gasteiger partial charge in [0.1, 0.15) is 0 Å². The van der Waals surface area contributed by atoms with Crippen LogP contribution in [-0.4, -0.2) is 9.78 Å². The van der Waals surface area contributed by atoms with Crippen molar-refractivity contribution in [3.63, 3.8) is 0 Å². The van der Waals surface area contributed by atoms with Crippen LogP contribution in [0, 0.1) is 0 Å². The summed E-state index contributed by atoms with van der Waals surface area (Å²) in [6, 6.07) is 9.24. The fraction of sp³-hybridized carbons (Fsp3) is 0.500. The second-order valence-electron chi connectivity index (χ2n) is 6.05. The minimum atomic E-state index is 0.475. The Balaban J connectivity index is 1.69.